The molecule has 0 radical (unpaired) electrons. The number of benzene rings is 1. The molecule has 0 aliphatic heterocycles. The molecule has 1 aromatic carbocycles. The van der Waals surface area contributed by atoms with Crippen molar-refractivity contribution in [2.75, 3.05) is 4.90 Å². The van der Waals surface area contributed by atoms with Crippen LogP contribution in [0.4, 0.5) is 5.69 Å². The number of rotatable bonds is 4. The minimum absolute atomic E-state index is 0.351. The lowest BCUT2D eigenvalue weighted by atomic mass is 9.86. The molecular formula is C27H26BrN. The van der Waals surface area contributed by atoms with Crippen molar-refractivity contribution in [1.82, 2.24) is 0 Å². The van der Waals surface area contributed by atoms with Crippen LogP contribution >= 0.6 is 15.9 Å². The Hall–Kier alpha value is -2.32. The van der Waals surface area contributed by atoms with Gasteiger partial charge in [-0.25, -0.2) is 0 Å². The van der Waals surface area contributed by atoms with E-state index in [1.165, 1.54) is 46.5 Å². The lowest BCUT2D eigenvalue weighted by Crippen LogP contribution is -2.35. The molecule has 4 aliphatic carbocycles. The first-order valence-electron chi connectivity index (χ1n) is 10.7. The number of hydrogen-bond donors (Lipinski definition) is 0. The van der Waals surface area contributed by atoms with Crippen molar-refractivity contribution in [1.29, 1.82) is 0 Å². The van der Waals surface area contributed by atoms with Gasteiger partial charge in [-0.05, 0) is 66.5 Å². The molecular weight excluding hydrogens is 418 g/mol. The fourth-order valence-electron chi connectivity index (χ4n) is 4.76. The average molecular weight is 444 g/mol. The summed E-state index contributed by atoms with van der Waals surface area (Å²) < 4.78 is 0. The van der Waals surface area contributed by atoms with Gasteiger partial charge in [0, 0.05) is 11.4 Å². The Kier molecular flexibility index (Phi) is 5.28. The van der Waals surface area contributed by atoms with E-state index in [2.05, 4.69) is 106 Å². The van der Waals surface area contributed by atoms with Gasteiger partial charge < -0.3 is 4.90 Å². The van der Waals surface area contributed by atoms with Crippen molar-refractivity contribution in [2.45, 2.75) is 43.0 Å². The second kappa shape index (κ2) is 8.20. The summed E-state index contributed by atoms with van der Waals surface area (Å²) in [6.45, 7) is 0. The minimum Gasteiger partial charge on any atom is -0.337 e. The number of anilines is 1. The van der Waals surface area contributed by atoms with Crippen molar-refractivity contribution < 1.29 is 0 Å². The van der Waals surface area contributed by atoms with Crippen LogP contribution in [0.3, 0.4) is 0 Å². The number of nitrogens with zero attached hydrogens (tertiary/aromatic N) is 1. The van der Waals surface area contributed by atoms with Gasteiger partial charge in [0.1, 0.15) is 0 Å². The van der Waals surface area contributed by atoms with Crippen LogP contribution in [0.2, 0.25) is 0 Å². The molecule has 0 spiro atoms. The fraction of sp³-hybridized carbons (Fsp3) is 0.259. The molecule has 2 atom stereocenters. The summed E-state index contributed by atoms with van der Waals surface area (Å²) in [7, 11) is 0. The monoisotopic (exact) mass is 443 g/mol. The Morgan fingerprint density at radius 2 is 1.72 bits per heavy atom. The van der Waals surface area contributed by atoms with Crippen LogP contribution in [0.5, 0.6) is 0 Å². The second-order valence-corrected chi connectivity index (χ2v) is 9.08. The first-order valence-corrected chi connectivity index (χ1v) is 11.6. The summed E-state index contributed by atoms with van der Waals surface area (Å²) in [5.74, 6) is 0. The predicted octanol–water partition coefficient (Wildman–Crippen LogP) is 7.33. The van der Waals surface area contributed by atoms with Crippen LogP contribution in [0.15, 0.2) is 113 Å². The van der Waals surface area contributed by atoms with Gasteiger partial charge in [-0.15, -0.1) is 0 Å². The maximum absolute atomic E-state index is 3.65. The Morgan fingerprint density at radius 1 is 0.862 bits per heavy atom. The van der Waals surface area contributed by atoms with Crippen LogP contribution in [0, 0.1) is 0 Å². The van der Waals surface area contributed by atoms with Gasteiger partial charge >= 0.3 is 0 Å². The molecule has 0 saturated carbocycles. The number of alkyl halides is 1. The van der Waals surface area contributed by atoms with Crippen molar-refractivity contribution in [3.05, 3.63) is 113 Å². The second-order valence-electron chi connectivity index (χ2n) is 8.02. The lowest BCUT2D eigenvalue weighted by molar-refractivity contribution is 0.705. The van der Waals surface area contributed by atoms with Gasteiger partial charge in [-0.1, -0.05) is 88.8 Å². The summed E-state index contributed by atoms with van der Waals surface area (Å²) >= 11 is 3.65. The van der Waals surface area contributed by atoms with E-state index in [-0.39, 0.29) is 0 Å². The molecule has 2 unspecified atom stereocenters. The minimum atomic E-state index is 0.351. The van der Waals surface area contributed by atoms with Gasteiger partial charge in [0.05, 0.1) is 10.9 Å². The quantitative estimate of drug-likeness (QED) is 0.440. The molecule has 4 aliphatic rings. The van der Waals surface area contributed by atoms with Crippen molar-refractivity contribution in [3.63, 3.8) is 0 Å². The van der Waals surface area contributed by atoms with Crippen molar-refractivity contribution in [2.24, 2.45) is 0 Å². The molecule has 146 valence electrons. The zero-order chi connectivity index (χ0) is 19.6. The standard InChI is InChI=1S/C27H26BrN/c28-23-16-13-22(19-23)20-14-17-25(18-15-20)29(24-9-2-1-3-10-24)27-12-6-8-21-7-4-5-11-26(21)27/h1-3,5,8-11,13-17,19,23,25H,4,6-7,12,18H2. The molecule has 2 heteroatoms. The van der Waals surface area contributed by atoms with Gasteiger partial charge in [-0.2, -0.15) is 0 Å². The third kappa shape index (κ3) is 3.79. The van der Waals surface area contributed by atoms with E-state index >= 15 is 0 Å². The highest BCUT2D eigenvalue weighted by atomic mass is 79.9. The average Bonchev–Trinajstić information content (AvgIpc) is 3.22. The normalized spacial score (nSPS) is 25.5. The lowest BCUT2D eigenvalue weighted by Gasteiger charge is -2.38. The first-order chi connectivity index (χ1) is 14.3. The molecule has 0 amide bonds. The van der Waals surface area contributed by atoms with Gasteiger partial charge in [0.25, 0.3) is 0 Å². The molecule has 29 heavy (non-hydrogen) atoms. The molecule has 1 aromatic rings. The maximum Gasteiger partial charge on any atom is 0.0557 e. The topological polar surface area (TPSA) is 3.24 Å². The molecule has 0 heterocycles. The summed E-state index contributed by atoms with van der Waals surface area (Å²) in [6, 6.07) is 11.3. The number of para-hydroxylation sites is 1. The summed E-state index contributed by atoms with van der Waals surface area (Å²) in [5, 5.41) is 0. The van der Waals surface area contributed by atoms with Crippen LogP contribution in [-0.4, -0.2) is 10.9 Å². The van der Waals surface area contributed by atoms with Crippen LogP contribution < -0.4 is 4.90 Å². The molecule has 0 saturated heterocycles. The highest BCUT2D eigenvalue weighted by molar-refractivity contribution is 9.09. The number of allylic oxidation sites excluding steroid dienone is 12. The first kappa shape index (κ1) is 18.7. The fourth-order valence-corrected chi connectivity index (χ4v) is 5.20. The number of halogens is 1. The molecule has 0 aromatic heterocycles. The van der Waals surface area contributed by atoms with Crippen LogP contribution in [-0.2, 0) is 0 Å². The summed E-state index contributed by atoms with van der Waals surface area (Å²) in [4.78, 5) is 2.95. The number of hydrogen-bond acceptors (Lipinski definition) is 1. The molecule has 1 nitrogen and oxygen atoms in total. The SMILES string of the molecule is BrC1C=CC(C2=CCC(N(C3=C4C=CCCC4=CCC3)c3ccccc3)C=C2)=C1. The Balaban J connectivity index is 1.50. The van der Waals surface area contributed by atoms with Crippen molar-refractivity contribution >= 4 is 21.6 Å². The number of fused-ring (bicyclic) bond motifs is 1. The van der Waals surface area contributed by atoms with E-state index in [1.807, 2.05) is 0 Å². The zero-order valence-electron chi connectivity index (χ0n) is 16.6. The largest absolute Gasteiger partial charge is 0.337 e. The molecule has 0 bridgehead atoms. The maximum atomic E-state index is 3.65. The Labute approximate surface area is 182 Å². The summed E-state index contributed by atoms with van der Waals surface area (Å²) in [5.41, 5.74) is 8.44. The zero-order valence-corrected chi connectivity index (χ0v) is 18.2. The van der Waals surface area contributed by atoms with E-state index < -0.39 is 0 Å². The third-order valence-electron chi connectivity index (χ3n) is 6.16. The van der Waals surface area contributed by atoms with E-state index in [1.54, 1.807) is 0 Å². The van der Waals surface area contributed by atoms with Gasteiger partial charge in [-0.3, -0.25) is 0 Å². The Bertz CT molecular complexity index is 1000. The highest BCUT2D eigenvalue weighted by Gasteiger charge is 2.27. The van der Waals surface area contributed by atoms with E-state index in [4.69, 9.17) is 0 Å². The highest BCUT2D eigenvalue weighted by Crippen LogP contribution is 2.39. The van der Waals surface area contributed by atoms with Gasteiger partial charge in [0.15, 0.2) is 0 Å². The molecule has 0 N–H and O–H groups in total. The van der Waals surface area contributed by atoms with Crippen LogP contribution in [0.25, 0.3) is 0 Å². The van der Waals surface area contributed by atoms with Crippen LogP contribution in [0.1, 0.15) is 32.1 Å². The van der Waals surface area contributed by atoms with Crippen molar-refractivity contribution in [3.8, 4) is 0 Å². The summed E-state index contributed by atoms with van der Waals surface area (Å²) in [6.07, 6.45) is 26.6. The third-order valence-corrected chi connectivity index (χ3v) is 6.73. The van der Waals surface area contributed by atoms with E-state index in [0.717, 1.165) is 19.3 Å². The van der Waals surface area contributed by atoms with Gasteiger partial charge in [0.2, 0.25) is 0 Å². The smallest absolute Gasteiger partial charge is 0.0557 e. The Morgan fingerprint density at radius 3 is 2.48 bits per heavy atom. The van der Waals surface area contributed by atoms with E-state index in [0.29, 0.717) is 10.9 Å². The predicted molar refractivity (Wildman–Crippen MR) is 127 cm³/mol. The van der Waals surface area contributed by atoms with E-state index in [9.17, 15) is 0 Å². The molecule has 0 fully saturated rings. The molecule has 5 rings (SSSR count).